The number of hydrogen-bond acceptors (Lipinski definition) is 1. The van der Waals surface area contributed by atoms with Crippen molar-refractivity contribution in [2.24, 2.45) is 16.5 Å². The van der Waals surface area contributed by atoms with Gasteiger partial charge in [-0.25, -0.2) is 4.39 Å². The van der Waals surface area contributed by atoms with Crippen molar-refractivity contribution in [2.75, 3.05) is 0 Å². The average molecular weight is 396 g/mol. The normalized spacial score (nSPS) is 10.9. The van der Waals surface area contributed by atoms with E-state index in [2.05, 4.69) is 25.4 Å². The van der Waals surface area contributed by atoms with E-state index in [0.717, 1.165) is 28.9 Å². The lowest BCUT2D eigenvalue weighted by atomic mass is 9.97. The van der Waals surface area contributed by atoms with Crippen LogP contribution in [0.5, 0.6) is 0 Å². The molecule has 2 aromatic rings. The van der Waals surface area contributed by atoms with Crippen LogP contribution in [-0.4, -0.2) is 11.9 Å². The van der Waals surface area contributed by atoms with Crippen LogP contribution >= 0.6 is 0 Å². The topological polar surface area (TPSA) is 81.5 Å². The minimum absolute atomic E-state index is 0.287. The number of aliphatic imine (C=N–C) groups is 1. The van der Waals surface area contributed by atoms with Crippen molar-refractivity contribution in [1.82, 2.24) is 0 Å². The molecule has 2 aromatic carbocycles. The molecule has 0 fully saturated rings. The number of amides is 1. The van der Waals surface area contributed by atoms with Crippen molar-refractivity contribution >= 4 is 23.0 Å². The van der Waals surface area contributed by atoms with Crippen LogP contribution in [0.2, 0.25) is 0 Å². The first kappa shape index (κ1) is 23.8. The van der Waals surface area contributed by atoms with Crippen LogP contribution in [0.1, 0.15) is 56.5 Å². The summed E-state index contributed by atoms with van der Waals surface area (Å²) in [5.74, 6) is -1.11. The molecule has 4 nitrogen and oxygen atoms in total. The molecule has 0 bridgehead atoms. The number of carbonyl (C=O) groups is 1. The fraction of sp³-hybridized carbons (Fsp3) is 0.250. The number of rotatable bonds is 4. The zero-order valence-corrected chi connectivity index (χ0v) is 17.6. The van der Waals surface area contributed by atoms with Crippen LogP contribution < -0.4 is 21.9 Å². The molecule has 154 valence electrons. The van der Waals surface area contributed by atoms with Crippen LogP contribution in [0.15, 0.2) is 60.1 Å². The number of guanidine groups is 1. The van der Waals surface area contributed by atoms with Gasteiger partial charge in [0.2, 0.25) is 0 Å². The molecule has 0 radical (unpaired) electrons. The second kappa shape index (κ2) is 11.6. The third-order valence-electron chi connectivity index (χ3n) is 4.41. The highest BCUT2D eigenvalue weighted by Crippen LogP contribution is 2.15. The van der Waals surface area contributed by atoms with Crippen molar-refractivity contribution in [2.45, 2.75) is 40.5 Å². The van der Waals surface area contributed by atoms with E-state index in [4.69, 9.17) is 11.5 Å². The maximum Gasteiger partial charge on any atom is 0.280 e. The van der Waals surface area contributed by atoms with Crippen molar-refractivity contribution in [3.8, 4) is 0 Å². The van der Waals surface area contributed by atoms with E-state index in [-0.39, 0.29) is 11.8 Å². The van der Waals surface area contributed by atoms with E-state index in [1.165, 1.54) is 11.6 Å². The van der Waals surface area contributed by atoms with Gasteiger partial charge in [-0.05, 0) is 60.9 Å². The highest BCUT2D eigenvalue weighted by atomic mass is 19.1. The Morgan fingerprint density at radius 3 is 2.21 bits per heavy atom. The van der Waals surface area contributed by atoms with Crippen molar-refractivity contribution in [1.29, 1.82) is 0 Å². The molecule has 0 spiro atoms. The SMILES string of the molecule is C=CC.CCC(CC)=c1ccc(C(=O)N=C(N)N)c/c1=C(/C)c1ccccc1F. The van der Waals surface area contributed by atoms with Gasteiger partial charge in [0.1, 0.15) is 5.82 Å². The lowest BCUT2D eigenvalue weighted by molar-refractivity contribution is 0.100. The number of allylic oxidation sites excluding steroid dienone is 1. The molecule has 0 aliphatic carbocycles. The van der Waals surface area contributed by atoms with Gasteiger partial charge >= 0.3 is 0 Å². The highest BCUT2D eigenvalue weighted by Gasteiger charge is 2.09. The average Bonchev–Trinajstić information content (AvgIpc) is 2.69. The van der Waals surface area contributed by atoms with E-state index in [1.807, 2.05) is 19.9 Å². The summed E-state index contributed by atoms with van der Waals surface area (Å²) < 4.78 is 14.3. The first-order valence-electron chi connectivity index (χ1n) is 9.59. The summed E-state index contributed by atoms with van der Waals surface area (Å²) in [5, 5.41) is 1.82. The maximum absolute atomic E-state index is 14.3. The predicted molar refractivity (Wildman–Crippen MR) is 120 cm³/mol. The summed E-state index contributed by atoms with van der Waals surface area (Å²) in [7, 11) is 0. The molecular formula is C24H30FN3O. The summed E-state index contributed by atoms with van der Waals surface area (Å²) in [6, 6.07) is 11.9. The van der Waals surface area contributed by atoms with Gasteiger partial charge < -0.3 is 11.5 Å². The van der Waals surface area contributed by atoms with E-state index in [0.29, 0.717) is 11.1 Å². The van der Waals surface area contributed by atoms with Gasteiger partial charge in [0.15, 0.2) is 5.96 Å². The first-order chi connectivity index (χ1) is 13.8. The Bertz CT molecular complexity index is 1010. The van der Waals surface area contributed by atoms with Gasteiger partial charge in [-0.2, -0.15) is 4.99 Å². The molecule has 29 heavy (non-hydrogen) atoms. The first-order valence-corrected chi connectivity index (χ1v) is 9.59. The van der Waals surface area contributed by atoms with Crippen LogP contribution in [0.25, 0.3) is 11.1 Å². The fourth-order valence-electron chi connectivity index (χ4n) is 3.02. The van der Waals surface area contributed by atoms with Crippen LogP contribution in [0.3, 0.4) is 0 Å². The van der Waals surface area contributed by atoms with E-state index < -0.39 is 5.91 Å². The van der Waals surface area contributed by atoms with Gasteiger partial charge in [-0.1, -0.05) is 49.8 Å². The molecule has 0 aliphatic rings. The van der Waals surface area contributed by atoms with Gasteiger partial charge in [0.25, 0.3) is 5.91 Å². The molecule has 2 rings (SSSR count). The number of nitrogens with zero attached hydrogens (tertiary/aromatic N) is 1. The Balaban J connectivity index is 0.00000132. The smallest absolute Gasteiger partial charge is 0.280 e. The third kappa shape index (κ3) is 6.42. The Kier molecular flexibility index (Phi) is 9.52. The lowest BCUT2D eigenvalue weighted by Crippen LogP contribution is -2.31. The zero-order chi connectivity index (χ0) is 22.0. The molecular weight excluding hydrogens is 365 g/mol. The lowest BCUT2D eigenvalue weighted by Gasteiger charge is -2.08. The van der Waals surface area contributed by atoms with Crippen molar-refractivity contribution < 1.29 is 9.18 Å². The summed E-state index contributed by atoms with van der Waals surface area (Å²) in [6.45, 7) is 11.3. The summed E-state index contributed by atoms with van der Waals surface area (Å²) >= 11 is 0. The van der Waals surface area contributed by atoms with Gasteiger partial charge in [0, 0.05) is 11.1 Å². The number of benzene rings is 2. The molecule has 0 saturated carbocycles. The number of hydrogen-bond donors (Lipinski definition) is 2. The monoisotopic (exact) mass is 395 g/mol. The number of halogens is 1. The molecule has 5 heteroatoms. The summed E-state index contributed by atoms with van der Waals surface area (Å²) in [5.41, 5.74) is 13.5. The Morgan fingerprint density at radius 2 is 1.69 bits per heavy atom. The molecule has 1 amide bonds. The van der Waals surface area contributed by atoms with E-state index >= 15 is 0 Å². The quantitative estimate of drug-likeness (QED) is 0.471. The van der Waals surface area contributed by atoms with Gasteiger partial charge in [0.05, 0.1) is 0 Å². The molecule has 0 aromatic heterocycles. The minimum atomic E-state index is -0.520. The van der Waals surface area contributed by atoms with Crippen LogP contribution in [-0.2, 0) is 0 Å². The van der Waals surface area contributed by atoms with Crippen molar-refractivity contribution in [3.05, 3.63) is 82.5 Å². The fourth-order valence-corrected chi connectivity index (χ4v) is 3.02. The molecule has 0 atom stereocenters. The maximum atomic E-state index is 14.3. The number of nitrogens with two attached hydrogens (primary N) is 2. The second-order valence-corrected chi connectivity index (χ2v) is 6.43. The van der Waals surface area contributed by atoms with Gasteiger partial charge in [-0.15, -0.1) is 6.58 Å². The summed E-state index contributed by atoms with van der Waals surface area (Å²) in [6.07, 6.45) is 3.49. The minimum Gasteiger partial charge on any atom is -0.370 e. The molecule has 4 N–H and O–H groups in total. The zero-order valence-electron chi connectivity index (χ0n) is 17.6. The van der Waals surface area contributed by atoms with Gasteiger partial charge in [-0.3, -0.25) is 4.79 Å². The third-order valence-corrected chi connectivity index (χ3v) is 4.41. The number of carbonyl (C=O) groups excluding carboxylic acids is 1. The second-order valence-electron chi connectivity index (χ2n) is 6.43. The van der Waals surface area contributed by atoms with Crippen molar-refractivity contribution in [3.63, 3.8) is 0 Å². The molecule has 0 aliphatic heterocycles. The van der Waals surface area contributed by atoms with E-state index in [1.54, 1.807) is 36.4 Å². The predicted octanol–water partition coefficient (Wildman–Crippen LogP) is 3.62. The van der Waals surface area contributed by atoms with Crippen LogP contribution in [0.4, 0.5) is 4.39 Å². The Morgan fingerprint density at radius 1 is 1.10 bits per heavy atom. The standard InChI is InChI=1S/C21H24FN3O.C3H6/c1-4-14(5-2)17-11-10-15(20(26)25-21(23)24)12-18(17)13(3)16-8-6-7-9-19(16)22;1-3-2/h6-12H,4-5H2,1-3H3,(H4,23,24,25,26);3H,1H2,2H3/b18-13+;. The molecule has 0 unspecified atom stereocenters. The summed E-state index contributed by atoms with van der Waals surface area (Å²) in [4.78, 5) is 15.8. The molecule has 0 heterocycles. The van der Waals surface area contributed by atoms with Crippen LogP contribution in [0, 0.1) is 5.82 Å². The van der Waals surface area contributed by atoms with E-state index in [9.17, 15) is 9.18 Å². The Hall–Kier alpha value is -3.21. The largest absolute Gasteiger partial charge is 0.370 e. The Labute approximate surface area is 172 Å². The molecule has 0 saturated heterocycles. The highest BCUT2D eigenvalue weighted by molar-refractivity contribution is 6.01.